The summed E-state index contributed by atoms with van der Waals surface area (Å²) in [5, 5.41) is 0.729. The molecule has 1 heterocycles. The van der Waals surface area contributed by atoms with E-state index in [1.54, 1.807) is 0 Å². The molecule has 4 heteroatoms. The molecule has 1 aromatic rings. The van der Waals surface area contributed by atoms with E-state index in [1.807, 2.05) is 36.1 Å². The van der Waals surface area contributed by atoms with Crippen molar-refractivity contribution in [1.82, 2.24) is 4.90 Å². The molecular formula is C14H19ClN2O. The van der Waals surface area contributed by atoms with Crippen molar-refractivity contribution in [1.29, 1.82) is 0 Å². The van der Waals surface area contributed by atoms with Gasteiger partial charge in [-0.2, -0.15) is 0 Å². The molecule has 3 nitrogen and oxygen atoms in total. The Morgan fingerprint density at radius 1 is 1.56 bits per heavy atom. The number of halogens is 1. The number of rotatable bonds is 3. The smallest absolute Gasteiger partial charge is 0.239 e. The van der Waals surface area contributed by atoms with Crippen LogP contribution in [0.5, 0.6) is 0 Å². The predicted octanol–water partition coefficient (Wildman–Crippen LogP) is 2.74. The van der Waals surface area contributed by atoms with Crippen molar-refractivity contribution in [2.45, 2.75) is 38.3 Å². The molecule has 0 aromatic heterocycles. The first-order valence-corrected chi connectivity index (χ1v) is 6.83. The number of hydrogen-bond acceptors (Lipinski definition) is 2. The first-order valence-electron chi connectivity index (χ1n) is 6.45. The molecule has 2 N–H and O–H groups in total. The molecule has 18 heavy (non-hydrogen) atoms. The summed E-state index contributed by atoms with van der Waals surface area (Å²) >= 11 is 6.22. The first-order chi connectivity index (χ1) is 8.65. The number of carbonyl (C=O) groups excluding carboxylic acids is 1. The highest BCUT2D eigenvalue weighted by atomic mass is 35.5. The molecule has 1 saturated heterocycles. The molecule has 2 atom stereocenters. The first kappa shape index (κ1) is 13.4. The summed E-state index contributed by atoms with van der Waals surface area (Å²) in [6.45, 7) is 2.71. The van der Waals surface area contributed by atoms with Gasteiger partial charge in [0.15, 0.2) is 0 Å². The molecule has 1 unspecified atom stereocenters. The van der Waals surface area contributed by atoms with Crippen molar-refractivity contribution in [3.63, 3.8) is 0 Å². The van der Waals surface area contributed by atoms with Crippen molar-refractivity contribution >= 4 is 17.5 Å². The zero-order chi connectivity index (χ0) is 13.1. The van der Waals surface area contributed by atoms with Crippen LogP contribution in [0.2, 0.25) is 5.02 Å². The number of nitrogens with zero attached hydrogens (tertiary/aromatic N) is 1. The van der Waals surface area contributed by atoms with E-state index in [2.05, 4.69) is 0 Å². The van der Waals surface area contributed by atoms with E-state index in [0.29, 0.717) is 6.42 Å². The molecule has 98 valence electrons. The lowest BCUT2D eigenvalue weighted by Crippen LogP contribution is -2.43. The second kappa shape index (κ2) is 5.72. The Labute approximate surface area is 113 Å². The van der Waals surface area contributed by atoms with Gasteiger partial charge >= 0.3 is 0 Å². The second-order valence-electron chi connectivity index (χ2n) is 4.73. The molecule has 1 aromatic carbocycles. The van der Waals surface area contributed by atoms with E-state index in [-0.39, 0.29) is 11.9 Å². The SMILES string of the molecule is CC[C@H](N)C(=O)N1CCCC1c1ccccc1Cl. The Morgan fingerprint density at radius 3 is 2.94 bits per heavy atom. The van der Waals surface area contributed by atoms with Gasteiger partial charge < -0.3 is 10.6 Å². The van der Waals surface area contributed by atoms with Gasteiger partial charge in [-0.3, -0.25) is 4.79 Å². The molecule has 0 radical (unpaired) electrons. The molecule has 0 aliphatic carbocycles. The van der Waals surface area contributed by atoms with Gasteiger partial charge in [-0.05, 0) is 30.9 Å². The average Bonchev–Trinajstić information content (AvgIpc) is 2.86. The monoisotopic (exact) mass is 266 g/mol. The molecule has 1 amide bonds. The van der Waals surface area contributed by atoms with E-state index in [9.17, 15) is 4.79 Å². The van der Waals surface area contributed by atoms with Crippen LogP contribution in [0.1, 0.15) is 37.8 Å². The molecule has 1 fully saturated rings. The van der Waals surface area contributed by atoms with Gasteiger partial charge in [0.25, 0.3) is 0 Å². The summed E-state index contributed by atoms with van der Waals surface area (Å²) in [5.41, 5.74) is 6.89. The minimum absolute atomic E-state index is 0.0416. The minimum Gasteiger partial charge on any atom is -0.334 e. The van der Waals surface area contributed by atoms with Crippen LogP contribution in [0.4, 0.5) is 0 Å². The highest BCUT2D eigenvalue weighted by Gasteiger charge is 2.32. The Bertz CT molecular complexity index is 436. The van der Waals surface area contributed by atoms with Gasteiger partial charge in [0.1, 0.15) is 0 Å². The summed E-state index contributed by atoms with van der Waals surface area (Å²) < 4.78 is 0. The predicted molar refractivity (Wildman–Crippen MR) is 73.4 cm³/mol. The number of benzene rings is 1. The fourth-order valence-corrected chi connectivity index (χ4v) is 2.75. The van der Waals surface area contributed by atoms with Crippen molar-refractivity contribution < 1.29 is 4.79 Å². The number of likely N-dealkylation sites (tertiary alicyclic amines) is 1. The van der Waals surface area contributed by atoms with Crippen LogP contribution in [-0.4, -0.2) is 23.4 Å². The fraction of sp³-hybridized carbons (Fsp3) is 0.500. The van der Waals surface area contributed by atoms with Crippen molar-refractivity contribution in [3.8, 4) is 0 Å². The third-order valence-electron chi connectivity index (χ3n) is 3.56. The number of nitrogens with two attached hydrogens (primary N) is 1. The van der Waals surface area contributed by atoms with Gasteiger partial charge in [-0.1, -0.05) is 36.7 Å². The largest absolute Gasteiger partial charge is 0.334 e. The Hall–Kier alpha value is -1.06. The summed E-state index contributed by atoms with van der Waals surface area (Å²) in [4.78, 5) is 14.1. The van der Waals surface area contributed by atoms with Gasteiger partial charge in [-0.15, -0.1) is 0 Å². The summed E-state index contributed by atoms with van der Waals surface area (Å²) in [6, 6.07) is 7.43. The molecule has 0 spiro atoms. The van der Waals surface area contributed by atoms with Crippen LogP contribution >= 0.6 is 11.6 Å². The topological polar surface area (TPSA) is 46.3 Å². The standard InChI is InChI=1S/C14H19ClN2O/c1-2-12(16)14(18)17-9-5-8-13(17)10-6-3-4-7-11(10)15/h3-4,6-7,12-13H,2,5,8-9,16H2,1H3/t12-,13?/m0/s1. The maximum absolute atomic E-state index is 12.2. The van der Waals surface area contributed by atoms with Crippen LogP contribution in [-0.2, 0) is 4.79 Å². The maximum Gasteiger partial charge on any atom is 0.239 e. The van der Waals surface area contributed by atoms with E-state index in [4.69, 9.17) is 17.3 Å². The van der Waals surface area contributed by atoms with Gasteiger partial charge in [0.05, 0.1) is 12.1 Å². The lowest BCUT2D eigenvalue weighted by Gasteiger charge is -2.28. The van der Waals surface area contributed by atoms with Gasteiger partial charge in [0.2, 0.25) is 5.91 Å². The molecule has 0 saturated carbocycles. The van der Waals surface area contributed by atoms with Crippen LogP contribution in [0, 0.1) is 0 Å². The van der Waals surface area contributed by atoms with Crippen molar-refractivity contribution in [3.05, 3.63) is 34.9 Å². The molecular weight excluding hydrogens is 248 g/mol. The second-order valence-corrected chi connectivity index (χ2v) is 5.13. The number of amides is 1. The molecule has 2 rings (SSSR count). The highest BCUT2D eigenvalue weighted by Crippen LogP contribution is 2.35. The summed E-state index contributed by atoms with van der Waals surface area (Å²) in [7, 11) is 0. The molecule has 1 aliphatic rings. The van der Waals surface area contributed by atoms with Crippen LogP contribution in [0.3, 0.4) is 0 Å². The molecule has 1 aliphatic heterocycles. The quantitative estimate of drug-likeness (QED) is 0.914. The van der Waals surface area contributed by atoms with E-state index in [0.717, 1.165) is 30.0 Å². The average molecular weight is 267 g/mol. The van der Waals surface area contributed by atoms with E-state index >= 15 is 0 Å². The van der Waals surface area contributed by atoms with Crippen LogP contribution in [0.25, 0.3) is 0 Å². The number of carbonyl (C=O) groups is 1. The van der Waals surface area contributed by atoms with E-state index in [1.165, 1.54) is 0 Å². The third kappa shape index (κ3) is 2.52. The Balaban J connectivity index is 2.23. The zero-order valence-corrected chi connectivity index (χ0v) is 11.4. The van der Waals surface area contributed by atoms with Crippen LogP contribution < -0.4 is 5.73 Å². The molecule has 0 bridgehead atoms. The van der Waals surface area contributed by atoms with Crippen LogP contribution in [0.15, 0.2) is 24.3 Å². The Kier molecular flexibility index (Phi) is 4.25. The van der Waals surface area contributed by atoms with E-state index < -0.39 is 6.04 Å². The minimum atomic E-state index is -0.395. The Morgan fingerprint density at radius 2 is 2.28 bits per heavy atom. The highest BCUT2D eigenvalue weighted by molar-refractivity contribution is 6.31. The normalized spacial score (nSPS) is 21.1. The zero-order valence-electron chi connectivity index (χ0n) is 10.6. The number of hydrogen-bond donors (Lipinski definition) is 1. The lowest BCUT2D eigenvalue weighted by molar-refractivity contribution is -0.133. The fourth-order valence-electron chi connectivity index (χ4n) is 2.49. The summed E-state index contributed by atoms with van der Waals surface area (Å²) in [5.74, 6) is 0.0416. The lowest BCUT2D eigenvalue weighted by atomic mass is 10.0. The third-order valence-corrected chi connectivity index (χ3v) is 3.90. The van der Waals surface area contributed by atoms with Crippen molar-refractivity contribution in [2.24, 2.45) is 5.73 Å². The van der Waals surface area contributed by atoms with Gasteiger partial charge in [-0.25, -0.2) is 0 Å². The van der Waals surface area contributed by atoms with Crippen molar-refractivity contribution in [2.75, 3.05) is 6.54 Å². The van der Waals surface area contributed by atoms with Gasteiger partial charge in [0, 0.05) is 11.6 Å². The summed E-state index contributed by atoms with van der Waals surface area (Å²) in [6.07, 6.45) is 2.65. The maximum atomic E-state index is 12.2.